The van der Waals surface area contributed by atoms with Gasteiger partial charge in [0.1, 0.15) is 5.75 Å². The van der Waals surface area contributed by atoms with Gasteiger partial charge in [-0.25, -0.2) is 9.69 Å². The molecular formula is C18H22N2O5. The van der Waals surface area contributed by atoms with Crippen LogP contribution in [0.15, 0.2) is 24.3 Å². The van der Waals surface area contributed by atoms with Gasteiger partial charge in [0.15, 0.2) is 13.2 Å². The van der Waals surface area contributed by atoms with Crippen LogP contribution in [0, 0.1) is 0 Å². The standard InChI is InChI=1S/C18H22N2O5/c1-12(2)13-3-5-15(6-4-13)24-10-16(21)19-8-7-14(9-19)20-17(22)11-25-18(20)23/h3-6,12,14H,7-11H2,1-2H3. The molecule has 0 aliphatic carbocycles. The van der Waals surface area contributed by atoms with Gasteiger partial charge in [-0.3, -0.25) is 9.59 Å². The van der Waals surface area contributed by atoms with Gasteiger partial charge in [-0.05, 0) is 30.0 Å². The third-order valence-electron chi connectivity index (χ3n) is 4.57. The number of cyclic esters (lactones) is 1. The van der Waals surface area contributed by atoms with E-state index >= 15 is 0 Å². The number of amides is 3. The highest BCUT2D eigenvalue weighted by molar-refractivity contribution is 5.98. The molecule has 2 saturated heterocycles. The summed E-state index contributed by atoms with van der Waals surface area (Å²) in [5.74, 6) is 0.588. The van der Waals surface area contributed by atoms with E-state index in [1.807, 2.05) is 24.3 Å². The van der Waals surface area contributed by atoms with Crippen LogP contribution in [-0.2, 0) is 14.3 Å². The first-order valence-electron chi connectivity index (χ1n) is 8.45. The first-order chi connectivity index (χ1) is 12.0. The monoisotopic (exact) mass is 346 g/mol. The Morgan fingerprint density at radius 1 is 1.28 bits per heavy atom. The van der Waals surface area contributed by atoms with Crippen molar-refractivity contribution in [1.82, 2.24) is 9.80 Å². The topological polar surface area (TPSA) is 76.2 Å². The average molecular weight is 346 g/mol. The number of carbonyl (C=O) groups excluding carboxylic acids is 3. The Bertz CT molecular complexity index is 655. The second kappa shape index (κ2) is 7.13. The molecule has 2 aliphatic heterocycles. The van der Waals surface area contributed by atoms with Crippen LogP contribution >= 0.6 is 0 Å². The van der Waals surface area contributed by atoms with E-state index in [2.05, 4.69) is 13.8 Å². The van der Waals surface area contributed by atoms with Crippen molar-refractivity contribution < 1.29 is 23.9 Å². The Hall–Kier alpha value is -2.57. The van der Waals surface area contributed by atoms with Crippen molar-refractivity contribution in [2.75, 3.05) is 26.3 Å². The lowest BCUT2D eigenvalue weighted by Crippen LogP contribution is -2.42. The smallest absolute Gasteiger partial charge is 0.417 e. The number of rotatable bonds is 5. The number of imide groups is 1. The SMILES string of the molecule is CC(C)c1ccc(OCC(=O)N2CCC(N3C(=O)COC3=O)C2)cc1. The summed E-state index contributed by atoms with van der Waals surface area (Å²) in [4.78, 5) is 38.3. The second-order valence-corrected chi connectivity index (χ2v) is 6.61. The molecule has 1 atom stereocenters. The normalized spacial score (nSPS) is 20.4. The average Bonchev–Trinajstić information content (AvgIpc) is 3.19. The molecule has 2 fully saturated rings. The van der Waals surface area contributed by atoms with Crippen molar-refractivity contribution in [3.05, 3.63) is 29.8 Å². The van der Waals surface area contributed by atoms with Crippen molar-refractivity contribution in [2.45, 2.75) is 32.2 Å². The third kappa shape index (κ3) is 3.75. The quantitative estimate of drug-likeness (QED) is 0.812. The molecule has 3 amide bonds. The Balaban J connectivity index is 1.51. The van der Waals surface area contributed by atoms with Crippen molar-refractivity contribution in [3.8, 4) is 5.75 Å². The Kier molecular flexibility index (Phi) is 4.92. The Morgan fingerprint density at radius 3 is 2.60 bits per heavy atom. The first-order valence-corrected chi connectivity index (χ1v) is 8.45. The van der Waals surface area contributed by atoms with Crippen LogP contribution in [0.1, 0.15) is 31.7 Å². The van der Waals surface area contributed by atoms with E-state index in [1.165, 1.54) is 5.56 Å². The van der Waals surface area contributed by atoms with Crippen molar-refractivity contribution >= 4 is 17.9 Å². The van der Waals surface area contributed by atoms with Crippen molar-refractivity contribution in [1.29, 1.82) is 0 Å². The molecule has 0 spiro atoms. The number of nitrogens with zero attached hydrogens (tertiary/aromatic N) is 2. The summed E-state index contributed by atoms with van der Waals surface area (Å²) >= 11 is 0. The van der Waals surface area contributed by atoms with Gasteiger partial charge in [0.25, 0.3) is 11.8 Å². The second-order valence-electron chi connectivity index (χ2n) is 6.61. The minimum atomic E-state index is -0.620. The van der Waals surface area contributed by atoms with Crippen LogP contribution in [-0.4, -0.2) is 60.1 Å². The minimum absolute atomic E-state index is 0.0634. The summed E-state index contributed by atoms with van der Waals surface area (Å²) in [5.41, 5.74) is 1.21. The van der Waals surface area contributed by atoms with Gasteiger partial charge >= 0.3 is 6.09 Å². The van der Waals surface area contributed by atoms with E-state index < -0.39 is 6.09 Å². The summed E-state index contributed by atoms with van der Waals surface area (Å²) in [6.07, 6.45) is -0.0545. The summed E-state index contributed by atoms with van der Waals surface area (Å²) in [7, 11) is 0. The van der Waals surface area contributed by atoms with Crippen LogP contribution in [0.2, 0.25) is 0 Å². The molecule has 25 heavy (non-hydrogen) atoms. The maximum Gasteiger partial charge on any atom is 0.417 e. The third-order valence-corrected chi connectivity index (χ3v) is 4.57. The number of benzene rings is 1. The fourth-order valence-electron chi connectivity index (χ4n) is 3.08. The molecule has 0 aromatic heterocycles. The highest BCUT2D eigenvalue weighted by atomic mass is 16.6. The van der Waals surface area contributed by atoms with Gasteiger partial charge in [-0.15, -0.1) is 0 Å². The Labute approximate surface area is 146 Å². The van der Waals surface area contributed by atoms with Crippen LogP contribution in [0.25, 0.3) is 0 Å². The summed E-state index contributed by atoms with van der Waals surface area (Å²) in [5, 5.41) is 0. The zero-order valence-corrected chi connectivity index (χ0v) is 14.4. The molecule has 7 nitrogen and oxygen atoms in total. The molecule has 0 bridgehead atoms. The molecule has 0 N–H and O–H groups in total. The molecule has 1 aromatic carbocycles. The fraction of sp³-hybridized carbons (Fsp3) is 0.500. The lowest BCUT2D eigenvalue weighted by Gasteiger charge is -2.20. The number of hydrogen-bond donors (Lipinski definition) is 0. The zero-order valence-electron chi connectivity index (χ0n) is 14.4. The summed E-state index contributed by atoms with van der Waals surface area (Å²) in [6.45, 7) is 4.78. The van der Waals surface area contributed by atoms with Crippen molar-refractivity contribution in [3.63, 3.8) is 0 Å². The lowest BCUT2D eigenvalue weighted by molar-refractivity contribution is -0.133. The highest BCUT2D eigenvalue weighted by Gasteiger charge is 2.41. The van der Waals surface area contributed by atoms with Gasteiger partial charge in [0, 0.05) is 13.1 Å². The molecule has 0 radical (unpaired) electrons. The van der Waals surface area contributed by atoms with E-state index in [4.69, 9.17) is 9.47 Å². The molecule has 0 saturated carbocycles. The van der Waals surface area contributed by atoms with E-state index in [0.717, 1.165) is 4.90 Å². The number of carbonyl (C=O) groups is 3. The largest absolute Gasteiger partial charge is 0.484 e. The van der Waals surface area contributed by atoms with E-state index in [9.17, 15) is 14.4 Å². The number of hydrogen-bond acceptors (Lipinski definition) is 5. The van der Waals surface area contributed by atoms with Gasteiger partial charge in [0.05, 0.1) is 6.04 Å². The predicted octanol–water partition coefficient (Wildman–Crippen LogP) is 1.77. The number of ether oxygens (including phenoxy) is 2. The first kappa shape index (κ1) is 17.3. The lowest BCUT2D eigenvalue weighted by atomic mass is 10.0. The van der Waals surface area contributed by atoms with Crippen molar-refractivity contribution in [2.24, 2.45) is 0 Å². The molecule has 2 heterocycles. The van der Waals surface area contributed by atoms with E-state index in [0.29, 0.717) is 31.2 Å². The molecule has 134 valence electrons. The zero-order chi connectivity index (χ0) is 18.0. The number of likely N-dealkylation sites (tertiary alicyclic amines) is 1. The maximum atomic E-state index is 12.3. The Morgan fingerprint density at radius 2 is 2.00 bits per heavy atom. The molecule has 7 heteroatoms. The molecule has 3 rings (SSSR count). The molecule has 1 unspecified atom stereocenters. The molecule has 2 aliphatic rings. The minimum Gasteiger partial charge on any atom is -0.484 e. The van der Waals surface area contributed by atoms with Crippen LogP contribution < -0.4 is 4.74 Å². The van der Waals surface area contributed by atoms with E-state index in [-0.39, 0.29) is 31.1 Å². The van der Waals surface area contributed by atoms with Gasteiger partial charge in [-0.2, -0.15) is 0 Å². The fourth-order valence-corrected chi connectivity index (χ4v) is 3.08. The molecule has 1 aromatic rings. The van der Waals surface area contributed by atoms with Gasteiger partial charge in [0.2, 0.25) is 0 Å². The van der Waals surface area contributed by atoms with E-state index in [1.54, 1.807) is 4.90 Å². The highest BCUT2D eigenvalue weighted by Crippen LogP contribution is 2.21. The van der Waals surface area contributed by atoms with Gasteiger partial charge in [-0.1, -0.05) is 26.0 Å². The predicted molar refractivity (Wildman–Crippen MR) is 89.2 cm³/mol. The summed E-state index contributed by atoms with van der Waals surface area (Å²) < 4.78 is 10.3. The van der Waals surface area contributed by atoms with Crippen LogP contribution in [0.3, 0.4) is 0 Å². The molecular weight excluding hydrogens is 324 g/mol. The maximum absolute atomic E-state index is 12.3. The van der Waals surface area contributed by atoms with Crippen LogP contribution in [0.5, 0.6) is 5.75 Å². The van der Waals surface area contributed by atoms with Gasteiger partial charge < -0.3 is 14.4 Å². The summed E-state index contributed by atoms with van der Waals surface area (Å²) in [6, 6.07) is 7.38. The van der Waals surface area contributed by atoms with Crippen LogP contribution in [0.4, 0.5) is 4.79 Å².